The standard InChI is InChI=1S/C12H12FN3O2/c13-9-1-3-10(4-2-9)18-8-5-11(17)16-12-14-6-7-15-12/h1-4,6-7H,5,8H2,(H2,14,15,16,17). The zero-order valence-corrected chi connectivity index (χ0v) is 9.52. The van der Waals surface area contributed by atoms with E-state index < -0.39 is 0 Å². The van der Waals surface area contributed by atoms with E-state index in [-0.39, 0.29) is 24.8 Å². The molecule has 0 spiro atoms. The summed E-state index contributed by atoms with van der Waals surface area (Å²) in [6, 6.07) is 5.63. The molecule has 0 unspecified atom stereocenters. The number of nitrogens with zero attached hydrogens (tertiary/aromatic N) is 1. The topological polar surface area (TPSA) is 67.0 Å². The average Bonchev–Trinajstić information content (AvgIpc) is 2.84. The molecule has 1 heterocycles. The lowest BCUT2D eigenvalue weighted by atomic mass is 10.3. The first-order valence-corrected chi connectivity index (χ1v) is 5.41. The van der Waals surface area contributed by atoms with Crippen molar-refractivity contribution >= 4 is 11.9 Å². The molecule has 94 valence electrons. The smallest absolute Gasteiger partial charge is 0.230 e. The third kappa shape index (κ3) is 3.58. The summed E-state index contributed by atoms with van der Waals surface area (Å²) in [7, 11) is 0. The van der Waals surface area contributed by atoms with Crippen molar-refractivity contribution in [1.29, 1.82) is 0 Å². The van der Waals surface area contributed by atoms with E-state index in [1.165, 1.54) is 24.3 Å². The molecule has 0 aliphatic heterocycles. The van der Waals surface area contributed by atoms with Crippen LogP contribution in [0.5, 0.6) is 5.75 Å². The molecule has 0 atom stereocenters. The first-order chi connectivity index (χ1) is 8.74. The Morgan fingerprint density at radius 2 is 2.17 bits per heavy atom. The number of aromatic nitrogens is 2. The van der Waals surface area contributed by atoms with Crippen LogP contribution in [0.2, 0.25) is 0 Å². The zero-order chi connectivity index (χ0) is 12.8. The van der Waals surface area contributed by atoms with Crippen LogP contribution in [-0.2, 0) is 4.79 Å². The number of carbonyl (C=O) groups is 1. The molecule has 0 aliphatic carbocycles. The van der Waals surface area contributed by atoms with Crippen molar-refractivity contribution in [3.8, 4) is 5.75 Å². The van der Waals surface area contributed by atoms with Gasteiger partial charge in [-0.1, -0.05) is 0 Å². The first-order valence-electron chi connectivity index (χ1n) is 5.41. The highest BCUT2D eigenvalue weighted by Crippen LogP contribution is 2.11. The van der Waals surface area contributed by atoms with Gasteiger partial charge in [-0.2, -0.15) is 0 Å². The molecular formula is C12H12FN3O2. The predicted octanol–water partition coefficient (Wildman–Crippen LogP) is 1.96. The van der Waals surface area contributed by atoms with Gasteiger partial charge >= 0.3 is 0 Å². The highest BCUT2D eigenvalue weighted by Gasteiger charge is 2.04. The molecular weight excluding hydrogens is 237 g/mol. The normalized spacial score (nSPS) is 10.1. The van der Waals surface area contributed by atoms with Gasteiger partial charge < -0.3 is 9.72 Å². The first kappa shape index (κ1) is 12.1. The van der Waals surface area contributed by atoms with Crippen LogP contribution in [0.1, 0.15) is 6.42 Å². The highest BCUT2D eigenvalue weighted by molar-refractivity contribution is 5.88. The van der Waals surface area contributed by atoms with Crippen LogP contribution in [-0.4, -0.2) is 22.5 Å². The van der Waals surface area contributed by atoms with E-state index in [0.29, 0.717) is 11.7 Å². The molecule has 2 N–H and O–H groups in total. The van der Waals surface area contributed by atoms with Gasteiger partial charge in [0.15, 0.2) is 0 Å². The maximum Gasteiger partial charge on any atom is 0.230 e. The van der Waals surface area contributed by atoms with E-state index in [1.54, 1.807) is 12.4 Å². The highest BCUT2D eigenvalue weighted by atomic mass is 19.1. The second kappa shape index (κ2) is 5.81. The Balaban J connectivity index is 1.72. The van der Waals surface area contributed by atoms with Crippen molar-refractivity contribution in [2.24, 2.45) is 0 Å². The van der Waals surface area contributed by atoms with Gasteiger partial charge in [0.25, 0.3) is 0 Å². The lowest BCUT2D eigenvalue weighted by Crippen LogP contribution is -2.15. The van der Waals surface area contributed by atoms with E-state index in [9.17, 15) is 9.18 Å². The van der Waals surface area contributed by atoms with Gasteiger partial charge in [0, 0.05) is 12.4 Å². The fraction of sp³-hybridized carbons (Fsp3) is 0.167. The van der Waals surface area contributed by atoms with Crippen molar-refractivity contribution in [3.05, 3.63) is 42.5 Å². The number of carbonyl (C=O) groups excluding carboxylic acids is 1. The molecule has 2 rings (SSSR count). The van der Waals surface area contributed by atoms with Crippen molar-refractivity contribution in [3.63, 3.8) is 0 Å². The Hall–Kier alpha value is -2.37. The summed E-state index contributed by atoms with van der Waals surface area (Å²) in [6.45, 7) is 0.220. The van der Waals surface area contributed by atoms with E-state index >= 15 is 0 Å². The number of aromatic amines is 1. The largest absolute Gasteiger partial charge is 0.493 e. The monoisotopic (exact) mass is 249 g/mol. The number of hydrogen-bond donors (Lipinski definition) is 2. The molecule has 0 saturated heterocycles. The van der Waals surface area contributed by atoms with Crippen LogP contribution in [0.15, 0.2) is 36.7 Å². The number of hydrogen-bond acceptors (Lipinski definition) is 3. The summed E-state index contributed by atoms with van der Waals surface area (Å²) in [5, 5.41) is 2.57. The van der Waals surface area contributed by atoms with E-state index in [0.717, 1.165) is 0 Å². The summed E-state index contributed by atoms with van der Waals surface area (Å²) in [6.07, 6.45) is 3.35. The summed E-state index contributed by atoms with van der Waals surface area (Å²) in [4.78, 5) is 18.1. The number of benzene rings is 1. The number of anilines is 1. The second-order valence-electron chi connectivity index (χ2n) is 3.54. The minimum Gasteiger partial charge on any atom is -0.493 e. The molecule has 1 aromatic carbocycles. The molecule has 0 radical (unpaired) electrons. The summed E-state index contributed by atoms with van der Waals surface area (Å²) < 4.78 is 17.9. The van der Waals surface area contributed by atoms with Crippen molar-refractivity contribution in [2.75, 3.05) is 11.9 Å². The van der Waals surface area contributed by atoms with Gasteiger partial charge in [0.1, 0.15) is 11.6 Å². The number of rotatable bonds is 5. The molecule has 6 heteroatoms. The summed E-state index contributed by atoms with van der Waals surface area (Å²) in [5.41, 5.74) is 0. The number of amides is 1. The number of H-pyrrole nitrogens is 1. The van der Waals surface area contributed by atoms with Gasteiger partial charge in [-0.15, -0.1) is 0 Å². The third-order valence-electron chi connectivity index (χ3n) is 2.17. The quantitative estimate of drug-likeness (QED) is 0.851. The Morgan fingerprint density at radius 3 is 2.83 bits per heavy atom. The van der Waals surface area contributed by atoms with Gasteiger partial charge in [0.2, 0.25) is 11.9 Å². The minimum absolute atomic E-state index is 0.193. The summed E-state index contributed by atoms with van der Waals surface area (Å²) in [5.74, 6) is 0.411. The Kier molecular flexibility index (Phi) is 3.90. The van der Waals surface area contributed by atoms with Crippen molar-refractivity contribution < 1.29 is 13.9 Å². The molecule has 0 fully saturated rings. The molecule has 1 amide bonds. The SMILES string of the molecule is O=C(CCOc1ccc(F)cc1)Nc1ncc[nH]1. The van der Waals surface area contributed by atoms with Gasteiger partial charge in [-0.05, 0) is 24.3 Å². The fourth-order valence-electron chi connectivity index (χ4n) is 1.32. The Bertz CT molecular complexity index is 497. The number of imidazole rings is 1. The number of halogens is 1. The molecule has 0 saturated carbocycles. The lowest BCUT2D eigenvalue weighted by molar-refractivity contribution is -0.116. The maximum absolute atomic E-state index is 12.6. The Labute approximate surface area is 103 Å². The maximum atomic E-state index is 12.6. The van der Waals surface area contributed by atoms with Crippen LogP contribution in [0.3, 0.4) is 0 Å². The van der Waals surface area contributed by atoms with E-state index in [1.807, 2.05) is 0 Å². The van der Waals surface area contributed by atoms with Crippen molar-refractivity contribution in [1.82, 2.24) is 9.97 Å². The molecule has 0 aliphatic rings. The molecule has 1 aromatic heterocycles. The zero-order valence-electron chi connectivity index (χ0n) is 9.52. The van der Waals surface area contributed by atoms with Crippen LogP contribution >= 0.6 is 0 Å². The summed E-state index contributed by atoms with van der Waals surface area (Å²) >= 11 is 0. The molecule has 18 heavy (non-hydrogen) atoms. The number of nitrogens with one attached hydrogen (secondary N) is 2. The number of ether oxygens (including phenoxy) is 1. The molecule has 0 bridgehead atoms. The van der Waals surface area contributed by atoms with Crippen LogP contribution < -0.4 is 10.1 Å². The van der Waals surface area contributed by atoms with E-state index in [2.05, 4.69) is 15.3 Å². The lowest BCUT2D eigenvalue weighted by Gasteiger charge is -2.05. The van der Waals surface area contributed by atoms with Crippen LogP contribution in [0, 0.1) is 5.82 Å². The van der Waals surface area contributed by atoms with Gasteiger partial charge in [0.05, 0.1) is 13.0 Å². The minimum atomic E-state index is -0.321. The van der Waals surface area contributed by atoms with Gasteiger partial charge in [-0.25, -0.2) is 9.37 Å². The van der Waals surface area contributed by atoms with Gasteiger partial charge in [-0.3, -0.25) is 10.1 Å². The molecule has 2 aromatic rings. The average molecular weight is 249 g/mol. The molecule has 5 nitrogen and oxygen atoms in total. The second-order valence-corrected chi connectivity index (χ2v) is 3.54. The van der Waals surface area contributed by atoms with Crippen LogP contribution in [0.4, 0.5) is 10.3 Å². The third-order valence-corrected chi connectivity index (χ3v) is 2.17. The fourth-order valence-corrected chi connectivity index (χ4v) is 1.32. The predicted molar refractivity (Wildman–Crippen MR) is 63.7 cm³/mol. The van der Waals surface area contributed by atoms with Crippen molar-refractivity contribution in [2.45, 2.75) is 6.42 Å². The van der Waals surface area contributed by atoms with Crippen LogP contribution in [0.25, 0.3) is 0 Å². The van der Waals surface area contributed by atoms with E-state index in [4.69, 9.17) is 4.74 Å². The Morgan fingerprint density at radius 1 is 1.39 bits per heavy atom.